The molecule has 6 rings (SSSR count). The first-order valence-electron chi connectivity index (χ1n) is 12.9. The standard InChI is InChI=1S/C27H24F3N5O6/c28-27(29,30)16-7-4-8-17(9-16)31-22(36)12-34-19-11-21-20(39-14-40-21)10-18(19)25(37)35(26(34)38)13-23-32-24(33-41-23)15-5-2-1-3-6-15/h1-9,18-21H,10-14H2,(H,31,36). The monoisotopic (exact) mass is 571 g/mol. The van der Waals surface area contributed by atoms with Crippen LogP contribution in [0.5, 0.6) is 0 Å². The van der Waals surface area contributed by atoms with Crippen molar-refractivity contribution in [3.63, 3.8) is 0 Å². The number of halogens is 3. The summed E-state index contributed by atoms with van der Waals surface area (Å²) in [6, 6.07) is 11.8. The van der Waals surface area contributed by atoms with Crippen LogP contribution in [0.4, 0.5) is 23.7 Å². The normalized spacial score (nSPS) is 24.3. The lowest BCUT2D eigenvalue weighted by Crippen LogP contribution is -2.65. The first-order valence-corrected chi connectivity index (χ1v) is 12.9. The maximum Gasteiger partial charge on any atom is 0.416 e. The van der Waals surface area contributed by atoms with Gasteiger partial charge in [0, 0.05) is 17.3 Å². The van der Waals surface area contributed by atoms with Crippen LogP contribution in [0.1, 0.15) is 24.3 Å². The van der Waals surface area contributed by atoms with E-state index in [1.807, 2.05) is 6.07 Å². The molecular weight excluding hydrogens is 547 g/mol. The van der Waals surface area contributed by atoms with Gasteiger partial charge in [-0.2, -0.15) is 18.2 Å². The van der Waals surface area contributed by atoms with Gasteiger partial charge in [-0.15, -0.1) is 0 Å². The molecule has 3 aliphatic rings. The maximum absolute atomic E-state index is 13.7. The van der Waals surface area contributed by atoms with Crippen LogP contribution in [0.15, 0.2) is 59.1 Å². The van der Waals surface area contributed by atoms with Crippen LogP contribution in [0.25, 0.3) is 11.4 Å². The van der Waals surface area contributed by atoms with E-state index in [2.05, 4.69) is 15.5 Å². The number of aromatic nitrogens is 2. The van der Waals surface area contributed by atoms with E-state index in [0.717, 1.165) is 17.0 Å². The third-order valence-electron chi connectivity index (χ3n) is 7.44. The van der Waals surface area contributed by atoms with Crippen molar-refractivity contribution in [2.75, 3.05) is 18.7 Å². The van der Waals surface area contributed by atoms with Gasteiger partial charge in [0.15, 0.2) is 0 Å². The van der Waals surface area contributed by atoms with E-state index in [1.54, 1.807) is 24.3 Å². The van der Waals surface area contributed by atoms with Gasteiger partial charge >= 0.3 is 12.2 Å². The van der Waals surface area contributed by atoms with E-state index in [0.29, 0.717) is 5.56 Å². The Hall–Kier alpha value is -4.30. The van der Waals surface area contributed by atoms with Crippen molar-refractivity contribution in [2.24, 2.45) is 5.92 Å². The highest BCUT2D eigenvalue weighted by Gasteiger charge is 2.53. The summed E-state index contributed by atoms with van der Waals surface area (Å²) >= 11 is 0. The molecule has 4 unspecified atom stereocenters. The smallest absolute Gasteiger partial charge is 0.349 e. The molecule has 4 atom stereocenters. The molecule has 41 heavy (non-hydrogen) atoms. The molecule has 14 heteroatoms. The summed E-state index contributed by atoms with van der Waals surface area (Å²) in [5, 5.41) is 6.36. The molecule has 11 nitrogen and oxygen atoms in total. The Balaban J connectivity index is 1.24. The molecule has 1 saturated carbocycles. The van der Waals surface area contributed by atoms with Gasteiger partial charge in [-0.25, -0.2) is 4.79 Å². The minimum Gasteiger partial charge on any atom is -0.349 e. The van der Waals surface area contributed by atoms with E-state index in [1.165, 1.54) is 17.0 Å². The number of anilines is 1. The van der Waals surface area contributed by atoms with E-state index < -0.39 is 48.1 Å². The highest BCUT2D eigenvalue weighted by molar-refractivity contribution is 6.01. The second kappa shape index (κ2) is 10.6. The molecule has 4 amide bonds. The number of benzene rings is 2. The number of rotatable bonds is 6. The lowest BCUT2D eigenvalue weighted by Gasteiger charge is -2.48. The highest BCUT2D eigenvalue weighted by Crippen LogP contribution is 2.39. The topological polar surface area (TPSA) is 127 Å². The van der Waals surface area contributed by atoms with Gasteiger partial charge in [0.25, 0.3) is 0 Å². The highest BCUT2D eigenvalue weighted by atomic mass is 19.4. The van der Waals surface area contributed by atoms with Crippen molar-refractivity contribution < 1.29 is 41.6 Å². The summed E-state index contributed by atoms with van der Waals surface area (Å²) in [7, 11) is 0. The number of hydrogen-bond donors (Lipinski definition) is 1. The first kappa shape index (κ1) is 26.9. The average molecular weight is 572 g/mol. The summed E-state index contributed by atoms with van der Waals surface area (Å²) in [5.74, 6) is -1.59. The van der Waals surface area contributed by atoms with Gasteiger partial charge in [-0.3, -0.25) is 14.5 Å². The molecule has 2 aromatic carbocycles. The van der Waals surface area contributed by atoms with Crippen molar-refractivity contribution >= 4 is 23.5 Å². The summed E-state index contributed by atoms with van der Waals surface area (Å²) in [6.45, 7) is -0.768. The lowest BCUT2D eigenvalue weighted by molar-refractivity contribution is -0.145. The third kappa shape index (κ3) is 5.39. The number of fused-ring (bicyclic) bond motifs is 2. The average Bonchev–Trinajstić information content (AvgIpc) is 3.62. The zero-order chi connectivity index (χ0) is 28.7. The molecule has 214 valence electrons. The van der Waals surface area contributed by atoms with E-state index >= 15 is 0 Å². The molecule has 3 aromatic rings. The number of nitrogens with one attached hydrogen (secondary N) is 1. The molecule has 1 aliphatic carbocycles. The molecular formula is C27H24F3N5O6. The Morgan fingerprint density at radius 2 is 1.78 bits per heavy atom. The second-order valence-corrected chi connectivity index (χ2v) is 10.0. The van der Waals surface area contributed by atoms with Gasteiger partial charge in [0.2, 0.25) is 23.5 Å². The minimum absolute atomic E-state index is 0.0199. The predicted octanol–water partition coefficient (Wildman–Crippen LogP) is 3.68. The molecule has 2 aliphatic heterocycles. The van der Waals surface area contributed by atoms with Crippen LogP contribution in [-0.2, 0) is 31.8 Å². The van der Waals surface area contributed by atoms with Crippen LogP contribution < -0.4 is 5.32 Å². The number of imide groups is 1. The third-order valence-corrected chi connectivity index (χ3v) is 7.44. The van der Waals surface area contributed by atoms with E-state index in [4.69, 9.17) is 14.0 Å². The Bertz CT molecular complexity index is 1460. The van der Waals surface area contributed by atoms with Crippen molar-refractivity contribution in [2.45, 2.75) is 43.8 Å². The van der Waals surface area contributed by atoms with E-state index in [9.17, 15) is 27.6 Å². The van der Waals surface area contributed by atoms with Crippen molar-refractivity contribution in [3.8, 4) is 11.4 Å². The molecule has 1 aromatic heterocycles. The number of urea groups is 1. The van der Waals surface area contributed by atoms with Crippen LogP contribution in [0.2, 0.25) is 0 Å². The van der Waals surface area contributed by atoms with Crippen LogP contribution >= 0.6 is 0 Å². The summed E-state index contributed by atoms with van der Waals surface area (Å²) in [5.41, 5.74) is -0.315. The number of ether oxygens (including phenoxy) is 2. The molecule has 0 spiro atoms. The fourth-order valence-corrected chi connectivity index (χ4v) is 5.50. The number of hydrogen-bond acceptors (Lipinski definition) is 8. The number of carbonyl (C=O) groups is 3. The molecule has 3 heterocycles. The molecule has 1 N–H and O–H groups in total. The number of nitrogens with zero attached hydrogens (tertiary/aromatic N) is 4. The first-order chi connectivity index (χ1) is 19.7. The number of alkyl halides is 3. The molecule has 0 radical (unpaired) electrons. The quantitative estimate of drug-likeness (QED) is 0.475. The SMILES string of the molecule is O=C(CN1C(=O)N(Cc2nc(-c3ccccc3)no2)C(=O)C2CC3OCOC3CC21)Nc1cccc(C(F)(F)F)c1. The maximum atomic E-state index is 13.7. The van der Waals surface area contributed by atoms with Crippen molar-refractivity contribution in [1.82, 2.24) is 19.9 Å². The van der Waals surface area contributed by atoms with Gasteiger partial charge in [-0.1, -0.05) is 41.6 Å². The van der Waals surface area contributed by atoms with Gasteiger partial charge < -0.3 is 24.2 Å². The van der Waals surface area contributed by atoms with Gasteiger partial charge in [-0.05, 0) is 31.0 Å². The van der Waals surface area contributed by atoms with Gasteiger partial charge in [0.05, 0.1) is 23.7 Å². The van der Waals surface area contributed by atoms with E-state index in [-0.39, 0.29) is 55.8 Å². The van der Waals surface area contributed by atoms with Gasteiger partial charge in [0.1, 0.15) is 19.9 Å². The molecule has 3 fully saturated rings. The van der Waals surface area contributed by atoms with Crippen LogP contribution in [-0.4, -0.2) is 69.4 Å². The zero-order valence-electron chi connectivity index (χ0n) is 21.4. The second-order valence-electron chi connectivity index (χ2n) is 10.0. The predicted molar refractivity (Wildman–Crippen MR) is 134 cm³/mol. The fourth-order valence-electron chi connectivity index (χ4n) is 5.50. The largest absolute Gasteiger partial charge is 0.416 e. The Morgan fingerprint density at radius 3 is 2.54 bits per heavy atom. The number of carbonyl (C=O) groups excluding carboxylic acids is 3. The molecule has 2 saturated heterocycles. The fraction of sp³-hybridized carbons (Fsp3) is 0.370. The number of amides is 4. The molecule has 0 bridgehead atoms. The zero-order valence-corrected chi connectivity index (χ0v) is 21.4. The summed E-state index contributed by atoms with van der Waals surface area (Å²) < 4.78 is 55.9. The Morgan fingerprint density at radius 1 is 1.02 bits per heavy atom. The summed E-state index contributed by atoms with van der Waals surface area (Å²) in [6.07, 6.45) is -4.76. The Kier molecular flexibility index (Phi) is 6.95. The Labute approximate surface area is 231 Å². The summed E-state index contributed by atoms with van der Waals surface area (Å²) in [4.78, 5) is 46.8. The van der Waals surface area contributed by atoms with Crippen molar-refractivity contribution in [3.05, 3.63) is 66.1 Å². The van der Waals surface area contributed by atoms with Crippen LogP contribution in [0, 0.1) is 5.92 Å². The lowest BCUT2D eigenvalue weighted by atomic mass is 9.78. The van der Waals surface area contributed by atoms with Crippen LogP contribution in [0.3, 0.4) is 0 Å². The minimum atomic E-state index is -4.59. The van der Waals surface area contributed by atoms with Crippen molar-refractivity contribution in [1.29, 1.82) is 0 Å².